The molecule has 1 heterocycles. The maximum Gasteiger partial charge on any atom is 0.150 e. The molecule has 0 spiro atoms. The Morgan fingerprint density at radius 2 is 1.95 bits per heavy atom. The number of rotatable bonds is 1. The summed E-state index contributed by atoms with van der Waals surface area (Å²) in [6.45, 7) is 5.92. The highest BCUT2D eigenvalue weighted by Crippen LogP contribution is 2.32. The minimum atomic E-state index is -0.389. The summed E-state index contributed by atoms with van der Waals surface area (Å²) in [5.74, 6) is 6.38. The predicted octanol–water partition coefficient (Wildman–Crippen LogP) is 3.05. The van der Waals surface area contributed by atoms with Crippen molar-refractivity contribution in [1.29, 1.82) is 0 Å². The first-order chi connectivity index (χ1) is 8.71. The molecule has 0 bridgehead atoms. The molecule has 0 aliphatic rings. The first-order valence-corrected chi connectivity index (χ1v) is 6.60. The van der Waals surface area contributed by atoms with E-state index in [9.17, 15) is 4.39 Å². The van der Waals surface area contributed by atoms with E-state index in [1.165, 1.54) is 10.7 Å². The third-order valence-corrected chi connectivity index (χ3v) is 3.30. The van der Waals surface area contributed by atoms with Gasteiger partial charge in [-0.15, -0.1) is 0 Å². The van der Waals surface area contributed by atoms with Crippen molar-refractivity contribution in [3.05, 3.63) is 34.3 Å². The first-order valence-electron chi connectivity index (χ1n) is 5.81. The van der Waals surface area contributed by atoms with Crippen molar-refractivity contribution in [2.75, 3.05) is 11.6 Å². The highest BCUT2D eigenvalue weighted by molar-refractivity contribution is 9.10. The van der Waals surface area contributed by atoms with Crippen molar-refractivity contribution in [1.82, 2.24) is 9.66 Å². The fourth-order valence-corrected chi connectivity index (χ4v) is 2.19. The van der Waals surface area contributed by atoms with Gasteiger partial charge in [0, 0.05) is 15.5 Å². The lowest BCUT2D eigenvalue weighted by atomic mass is 9.96. The third kappa shape index (κ3) is 2.45. The molecule has 0 unspecified atom stereocenters. The molecular formula is C13H16BrFN4. The van der Waals surface area contributed by atoms with Crippen LogP contribution in [0.5, 0.6) is 0 Å². The van der Waals surface area contributed by atoms with Gasteiger partial charge in [-0.2, -0.15) is 0 Å². The number of nitrogens with zero attached hydrogens (tertiary/aromatic N) is 2. The molecule has 0 atom stereocenters. The Balaban J connectivity index is 2.64. The minimum Gasteiger partial charge on any atom is -0.382 e. The van der Waals surface area contributed by atoms with Crippen molar-refractivity contribution >= 4 is 21.7 Å². The van der Waals surface area contributed by atoms with Gasteiger partial charge in [0.2, 0.25) is 0 Å². The number of imidazole rings is 1. The molecule has 19 heavy (non-hydrogen) atoms. The van der Waals surface area contributed by atoms with Crippen LogP contribution in [0.15, 0.2) is 22.7 Å². The Labute approximate surface area is 119 Å². The van der Waals surface area contributed by atoms with Crippen LogP contribution in [0.3, 0.4) is 0 Å². The Bertz CT molecular complexity index is 628. The second kappa shape index (κ2) is 4.52. The van der Waals surface area contributed by atoms with E-state index in [1.807, 2.05) is 20.8 Å². The Morgan fingerprint density at radius 3 is 2.42 bits per heavy atom. The molecule has 0 aliphatic heterocycles. The van der Waals surface area contributed by atoms with Crippen molar-refractivity contribution < 1.29 is 4.39 Å². The number of anilines is 1. The van der Waals surface area contributed by atoms with E-state index < -0.39 is 0 Å². The minimum absolute atomic E-state index is 0.256. The molecular weight excluding hydrogens is 311 g/mol. The summed E-state index contributed by atoms with van der Waals surface area (Å²) >= 11 is 3.22. The van der Waals surface area contributed by atoms with Gasteiger partial charge in [0.25, 0.3) is 0 Å². The summed E-state index contributed by atoms with van der Waals surface area (Å²) < 4.78 is 16.0. The predicted molar refractivity (Wildman–Crippen MR) is 78.6 cm³/mol. The normalized spacial score (nSPS) is 11.8. The summed E-state index contributed by atoms with van der Waals surface area (Å²) in [7, 11) is 0. The maximum atomic E-state index is 14.0. The van der Waals surface area contributed by atoms with Gasteiger partial charge in [0.15, 0.2) is 5.82 Å². The summed E-state index contributed by atoms with van der Waals surface area (Å²) in [6, 6.07) is 4.75. The molecule has 2 rings (SSSR count). The summed E-state index contributed by atoms with van der Waals surface area (Å²) in [5, 5.41) is 0. The summed E-state index contributed by atoms with van der Waals surface area (Å²) in [5.41, 5.74) is 6.38. The van der Waals surface area contributed by atoms with Crippen molar-refractivity contribution in [3.8, 4) is 11.3 Å². The van der Waals surface area contributed by atoms with Crippen molar-refractivity contribution in [2.24, 2.45) is 0 Å². The average Bonchev–Trinajstić information content (AvgIpc) is 2.56. The van der Waals surface area contributed by atoms with Crippen molar-refractivity contribution in [2.45, 2.75) is 26.2 Å². The number of nitrogens with two attached hydrogens (primary N) is 2. The fraction of sp³-hybridized carbons (Fsp3) is 0.308. The molecule has 102 valence electrons. The van der Waals surface area contributed by atoms with E-state index in [0.717, 1.165) is 0 Å². The van der Waals surface area contributed by atoms with E-state index in [2.05, 4.69) is 20.9 Å². The van der Waals surface area contributed by atoms with Crippen LogP contribution in [-0.4, -0.2) is 9.66 Å². The van der Waals surface area contributed by atoms with Gasteiger partial charge < -0.3 is 11.6 Å². The average molecular weight is 327 g/mol. The van der Waals surface area contributed by atoms with E-state index in [0.29, 0.717) is 21.6 Å². The van der Waals surface area contributed by atoms with Gasteiger partial charge in [0.1, 0.15) is 17.3 Å². The molecule has 2 aromatic rings. The van der Waals surface area contributed by atoms with Crippen LogP contribution in [0.1, 0.15) is 26.6 Å². The molecule has 4 N–H and O–H groups in total. The Kier molecular flexibility index (Phi) is 3.30. The standard InChI is InChI=1S/C13H16BrFN4/c1-13(2,3)12-18-10(11(16)19(12)17)8-5-4-7(14)6-9(8)15/h4-6H,16-17H2,1-3H3. The maximum absolute atomic E-state index is 14.0. The highest BCUT2D eigenvalue weighted by atomic mass is 79.9. The van der Waals surface area contributed by atoms with Crippen LogP contribution in [0.25, 0.3) is 11.3 Å². The zero-order chi connectivity index (χ0) is 14.4. The molecule has 0 radical (unpaired) electrons. The lowest BCUT2D eigenvalue weighted by molar-refractivity contribution is 0.532. The highest BCUT2D eigenvalue weighted by Gasteiger charge is 2.25. The van der Waals surface area contributed by atoms with Crippen LogP contribution < -0.4 is 11.6 Å². The topological polar surface area (TPSA) is 69.9 Å². The molecule has 6 heteroatoms. The van der Waals surface area contributed by atoms with Gasteiger partial charge in [0.05, 0.1) is 0 Å². The molecule has 0 saturated carbocycles. The summed E-state index contributed by atoms with van der Waals surface area (Å²) in [4.78, 5) is 4.40. The summed E-state index contributed by atoms with van der Waals surface area (Å²) in [6.07, 6.45) is 0. The first kappa shape index (κ1) is 13.9. The quantitative estimate of drug-likeness (QED) is 0.791. The van der Waals surface area contributed by atoms with Crippen LogP contribution in [0.2, 0.25) is 0 Å². The smallest absolute Gasteiger partial charge is 0.150 e. The molecule has 0 amide bonds. The Morgan fingerprint density at radius 1 is 1.32 bits per heavy atom. The number of hydrogen-bond acceptors (Lipinski definition) is 3. The molecule has 0 aliphatic carbocycles. The number of aromatic nitrogens is 2. The molecule has 0 fully saturated rings. The van der Waals surface area contributed by atoms with Crippen LogP contribution in [0.4, 0.5) is 10.2 Å². The lowest BCUT2D eigenvalue weighted by Gasteiger charge is -2.17. The van der Waals surface area contributed by atoms with E-state index in [1.54, 1.807) is 12.1 Å². The van der Waals surface area contributed by atoms with Crippen molar-refractivity contribution in [3.63, 3.8) is 0 Å². The van der Waals surface area contributed by atoms with E-state index >= 15 is 0 Å². The lowest BCUT2D eigenvalue weighted by Crippen LogP contribution is -2.24. The number of halogens is 2. The van der Waals surface area contributed by atoms with Gasteiger partial charge in [-0.3, -0.25) is 0 Å². The molecule has 1 aromatic heterocycles. The van der Waals surface area contributed by atoms with E-state index in [-0.39, 0.29) is 17.1 Å². The molecule has 1 aromatic carbocycles. The molecule has 4 nitrogen and oxygen atoms in total. The SMILES string of the molecule is CC(C)(C)c1nc(-c2ccc(Br)cc2F)c(N)n1N. The fourth-order valence-electron chi connectivity index (χ4n) is 1.85. The second-order valence-corrected chi connectivity index (χ2v) is 6.33. The largest absolute Gasteiger partial charge is 0.382 e. The number of hydrogen-bond donors (Lipinski definition) is 2. The zero-order valence-electron chi connectivity index (χ0n) is 11.0. The molecule has 0 saturated heterocycles. The third-order valence-electron chi connectivity index (χ3n) is 2.81. The second-order valence-electron chi connectivity index (χ2n) is 5.41. The van der Waals surface area contributed by atoms with Crippen LogP contribution >= 0.6 is 15.9 Å². The van der Waals surface area contributed by atoms with Gasteiger partial charge in [-0.1, -0.05) is 36.7 Å². The van der Waals surface area contributed by atoms with Crippen LogP contribution in [-0.2, 0) is 5.41 Å². The number of nitrogen functional groups attached to an aromatic ring is 2. The van der Waals surface area contributed by atoms with Gasteiger partial charge >= 0.3 is 0 Å². The van der Waals surface area contributed by atoms with Gasteiger partial charge in [-0.25, -0.2) is 14.1 Å². The monoisotopic (exact) mass is 326 g/mol. The van der Waals surface area contributed by atoms with Gasteiger partial charge in [-0.05, 0) is 18.2 Å². The number of benzene rings is 1. The zero-order valence-corrected chi connectivity index (χ0v) is 12.6. The Hall–Kier alpha value is -1.56. The van der Waals surface area contributed by atoms with Crippen LogP contribution in [0, 0.1) is 5.82 Å². The van der Waals surface area contributed by atoms with E-state index in [4.69, 9.17) is 11.6 Å².